The van der Waals surface area contributed by atoms with Crippen molar-refractivity contribution in [2.24, 2.45) is 52.3 Å². The fourth-order valence-corrected chi connectivity index (χ4v) is 10.4. The molecule has 0 aromatic heterocycles. The number of ketones is 1. The van der Waals surface area contributed by atoms with Gasteiger partial charge in [0.15, 0.2) is 11.9 Å². The SMILES string of the molecule is CC(=O)O[C@@H]1CC[C@]2(C)[C@H]3CC[C@]4(C)[C@@H]([C@H](C)[C@H]5OC(=O)C=C(C(C)C)C5=O)CC[C@H]4[C@@H]3C[C@H](OC(C)=O)[C@@H]2C1. The van der Waals surface area contributed by atoms with E-state index in [2.05, 4.69) is 20.8 Å². The molecule has 7 heteroatoms. The molecule has 0 unspecified atom stereocenters. The van der Waals surface area contributed by atoms with E-state index in [1.807, 2.05) is 13.8 Å². The quantitative estimate of drug-likeness (QED) is 0.310. The summed E-state index contributed by atoms with van der Waals surface area (Å²) in [7, 11) is 0. The third kappa shape index (κ3) is 4.83. The maximum absolute atomic E-state index is 13.4. The van der Waals surface area contributed by atoms with Gasteiger partial charge in [-0.3, -0.25) is 14.4 Å². The summed E-state index contributed by atoms with van der Waals surface area (Å²) in [4.78, 5) is 49.9. The Morgan fingerprint density at radius 3 is 2.17 bits per heavy atom. The van der Waals surface area contributed by atoms with E-state index in [0.717, 1.165) is 51.4 Å². The van der Waals surface area contributed by atoms with Crippen LogP contribution in [0.25, 0.3) is 0 Å². The average Bonchev–Trinajstić information content (AvgIpc) is 3.22. The van der Waals surface area contributed by atoms with E-state index in [9.17, 15) is 19.2 Å². The Balaban J connectivity index is 1.40. The van der Waals surface area contributed by atoms with Crippen LogP contribution in [0.4, 0.5) is 0 Å². The van der Waals surface area contributed by atoms with Crippen LogP contribution in [0.3, 0.4) is 0 Å². The third-order valence-electron chi connectivity index (χ3n) is 12.1. The number of Topliss-reactive ketones (excluding diaryl/α,β-unsaturated/α-hetero) is 1. The molecule has 0 N–H and O–H groups in total. The highest BCUT2D eigenvalue weighted by molar-refractivity contribution is 6.07. The molecule has 1 heterocycles. The minimum Gasteiger partial charge on any atom is -0.463 e. The number of cyclic esters (lactones) is 1. The van der Waals surface area contributed by atoms with E-state index in [1.54, 1.807) is 0 Å². The molecule has 7 nitrogen and oxygen atoms in total. The number of hydrogen-bond donors (Lipinski definition) is 0. The van der Waals surface area contributed by atoms with Crippen molar-refractivity contribution in [3.05, 3.63) is 11.6 Å². The lowest BCUT2D eigenvalue weighted by Gasteiger charge is -2.62. The molecule has 40 heavy (non-hydrogen) atoms. The van der Waals surface area contributed by atoms with Gasteiger partial charge in [-0.25, -0.2) is 4.79 Å². The zero-order valence-electron chi connectivity index (χ0n) is 25.4. The zero-order valence-corrected chi connectivity index (χ0v) is 25.4. The van der Waals surface area contributed by atoms with Gasteiger partial charge in [0.25, 0.3) is 0 Å². The highest BCUT2D eigenvalue weighted by atomic mass is 16.6. The fourth-order valence-electron chi connectivity index (χ4n) is 10.4. The van der Waals surface area contributed by atoms with Crippen LogP contribution in [-0.2, 0) is 33.4 Å². The second-order valence-corrected chi connectivity index (χ2v) is 14.4. The van der Waals surface area contributed by atoms with Crippen LogP contribution in [0.5, 0.6) is 0 Å². The molecule has 0 spiro atoms. The van der Waals surface area contributed by atoms with Gasteiger partial charge in [0.1, 0.15) is 12.2 Å². The smallest absolute Gasteiger partial charge is 0.331 e. The van der Waals surface area contributed by atoms with Gasteiger partial charge in [-0.05, 0) is 91.8 Å². The van der Waals surface area contributed by atoms with Gasteiger partial charge in [0, 0.05) is 37.3 Å². The van der Waals surface area contributed by atoms with Gasteiger partial charge in [0.2, 0.25) is 0 Å². The van der Waals surface area contributed by atoms with Crippen LogP contribution < -0.4 is 0 Å². The summed E-state index contributed by atoms with van der Waals surface area (Å²) >= 11 is 0. The van der Waals surface area contributed by atoms with Crippen molar-refractivity contribution in [2.45, 2.75) is 118 Å². The molecule has 1 aliphatic heterocycles. The van der Waals surface area contributed by atoms with E-state index in [-0.39, 0.29) is 64.4 Å². The Morgan fingerprint density at radius 2 is 1.52 bits per heavy atom. The predicted molar refractivity (Wildman–Crippen MR) is 149 cm³/mol. The van der Waals surface area contributed by atoms with Crippen molar-refractivity contribution >= 4 is 23.7 Å². The number of fused-ring (bicyclic) bond motifs is 5. The molecule has 0 saturated heterocycles. The largest absolute Gasteiger partial charge is 0.463 e. The summed E-state index contributed by atoms with van der Waals surface area (Å²) in [5, 5.41) is 0. The summed E-state index contributed by atoms with van der Waals surface area (Å²) < 4.78 is 17.4. The Kier molecular flexibility index (Phi) is 7.76. The van der Waals surface area contributed by atoms with E-state index in [0.29, 0.717) is 23.3 Å². The van der Waals surface area contributed by atoms with Crippen LogP contribution in [0.15, 0.2) is 11.6 Å². The monoisotopic (exact) mass is 556 g/mol. The first-order chi connectivity index (χ1) is 18.8. The molecule has 0 aromatic carbocycles. The molecular formula is C33H48O7. The lowest BCUT2D eigenvalue weighted by atomic mass is 9.43. The van der Waals surface area contributed by atoms with Crippen LogP contribution in [0.2, 0.25) is 0 Å². The molecule has 5 aliphatic rings. The van der Waals surface area contributed by atoms with Gasteiger partial charge in [-0.1, -0.05) is 34.6 Å². The second kappa shape index (κ2) is 10.6. The number of ether oxygens (including phenoxy) is 3. The molecule has 4 aliphatic carbocycles. The summed E-state index contributed by atoms with van der Waals surface area (Å²) in [6, 6.07) is 0. The standard InChI is InChI=1S/C33H48O7/c1-17(2)22-16-29(36)40-31(30(22)37)18(3)24-8-9-25-23-15-28(39-20(5)35)27-14-21(38-19(4)34)10-12-33(27,7)26(23)11-13-32(24,25)6/h16-18,21,23-28,31H,8-15H2,1-7H3/t18-,21+,23-,24+,25-,26-,27-,28-,31+,32+,33+/m0/s1. The second-order valence-electron chi connectivity index (χ2n) is 14.4. The molecule has 222 valence electrons. The van der Waals surface area contributed by atoms with E-state index in [4.69, 9.17) is 14.2 Å². The highest BCUT2D eigenvalue weighted by Gasteiger charge is 2.64. The number of hydrogen-bond acceptors (Lipinski definition) is 7. The summed E-state index contributed by atoms with van der Waals surface area (Å²) in [6.07, 6.45) is 8.07. The summed E-state index contributed by atoms with van der Waals surface area (Å²) in [5.41, 5.74) is 0.637. The number of carbonyl (C=O) groups excluding carboxylic acids is 4. The minimum atomic E-state index is -0.716. The Labute approximate surface area is 239 Å². The minimum absolute atomic E-state index is 0.0116. The Morgan fingerprint density at radius 1 is 0.875 bits per heavy atom. The third-order valence-corrected chi connectivity index (χ3v) is 12.1. The lowest BCUT2D eigenvalue weighted by Crippen LogP contribution is -2.59. The number of rotatable bonds is 5. The van der Waals surface area contributed by atoms with Crippen molar-refractivity contribution in [1.29, 1.82) is 0 Å². The number of carbonyl (C=O) groups is 4. The fraction of sp³-hybridized carbons (Fsp3) is 0.818. The maximum Gasteiger partial charge on any atom is 0.331 e. The van der Waals surface area contributed by atoms with Gasteiger partial charge < -0.3 is 14.2 Å². The molecule has 0 amide bonds. The normalized spacial score (nSPS) is 43.5. The predicted octanol–water partition coefficient (Wildman–Crippen LogP) is 5.83. The molecule has 0 radical (unpaired) electrons. The topological polar surface area (TPSA) is 96.0 Å². The van der Waals surface area contributed by atoms with Crippen LogP contribution in [0.1, 0.15) is 99.8 Å². The van der Waals surface area contributed by atoms with Crippen LogP contribution in [0, 0.1) is 52.3 Å². The van der Waals surface area contributed by atoms with Crippen molar-refractivity contribution in [3.63, 3.8) is 0 Å². The summed E-state index contributed by atoms with van der Waals surface area (Å²) in [6.45, 7) is 13.8. The van der Waals surface area contributed by atoms with Crippen LogP contribution in [-0.4, -0.2) is 42.0 Å². The molecule has 5 rings (SSSR count). The van der Waals surface area contributed by atoms with Gasteiger partial charge in [-0.15, -0.1) is 0 Å². The maximum atomic E-state index is 13.4. The number of esters is 3. The van der Waals surface area contributed by atoms with Crippen molar-refractivity contribution in [1.82, 2.24) is 0 Å². The van der Waals surface area contributed by atoms with Crippen molar-refractivity contribution < 1.29 is 33.4 Å². The molecule has 4 saturated carbocycles. The molecule has 4 fully saturated rings. The van der Waals surface area contributed by atoms with E-state index < -0.39 is 12.1 Å². The summed E-state index contributed by atoms with van der Waals surface area (Å²) in [5.74, 6) is 0.896. The molecule has 11 atom stereocenters. The molecule has 0 bridgehead atoms. The Bertz CT molecular complexity index is 1090. The lowest BCUT2D eigenvalue weighted by molar-refractivity contribution is -0.198. The van der Waals surface area contributed by atoms with Gasteiger partial charge in [0.05, 0.1) is 0 Å². The first-order valence-electron chi connectivity index (χ1n) is 15.6. The zero-order chi connectivity index (χ0) is 29.1. The first kappa shape index (κ1) is 29.3. The first-order valence-corrected chi connectivity index (χ1v) is 15.6. The van der Waals surface area contributed by atoms with Crippen LogP contribution >= 0.6 is 0 Å². The molecular weight excluding hydrogens is 508 g/mol. The van der Waals surface area contributed by atoms with E-state index >= 15 is 0 Å². The highest BCUT2D eigenvalue weighted by Crippen LogP contribution is 2.69. The van der Waals surface area contributed by atoms with Gasteiger partial charge >= 0.3 is 17.9 Å². The van der Waals surface area contributed by atoms with Crippen molar-refractivity contribution in [2.75, 3.05) is 0 Å². The van der Waals surface area contributed by atoms with Crippen molar-refractivity contribution in [3.8, 4) is 0 Å². The van der Waals surface area contributed by atoms with E-state index in [1.165, 1.54) is 19.9 Å². The van der Waals surface area contributed by atoms with Gasteiger partial charge in [-0.2, -0.15) is 0 Å². The Hall–Kier alpha value is -2.18. The molecule has 0 aromatic rings. The average molecular weight is 557 g/mol.